The maximum Gasteiger partial charge on any atom is 0.410 e. The summed E-state index contributed by atoms with van der Waals surface area (Å²) in [5.41, 5.74) is 2.73. The summed E-state index contributed by atoms with van der Waals surface area (Å²) in [6.07, 6.45) is 1.43. The van der Waals surface area contributed by atoms with Crippen molar-refractivity contribution in [2.75, 3.05) is 19.7 Å². The Kier molecular flexibility index (Phi) is 8.44. The van der Waals surface area contributed by atoms with Gasteiger partial charge in [0.25, 0.3) is 0 Å². The molecule has 0 saturated carbocycles. The number of ether oxygens (including phenoxy) is 2. The van der Waals surface area contributed by atoms with Crippen LogP contribution >= 0.6 is 11.6 Å². The van der Waals surface area contributed by atoms with E-state index in [-0.39, 0.29) is 12.8 Å². The first-order valence-corrected chi connectivity index (χ1v) is 16.0. The van der Waals surface area contributed by atoms with E-state index in [1.165, 1.54) is 6.07 Å². The van der Waals surface area contributed by atoms with Gasteiger partial charge in [-0.25, -0.2) is 19.2 Å². The zero-order valence-electron chi connectivity index (χ0n) is 21.7. The Labute approximate surface area is 213 Å². The predicted octanol–water partition coefficient (Wildman–Crippen LogP) is 6.46. The smallest absolute Gasteiger partial charge is 0.410 e. The first-order valence-electron chi connectivity index (χ1n) is 11.9. The second-order valence-electron chi connectivity index (χ2n) is 11.1. The van der Waals surface area contributed by atoms with Crippen LogP contribution < -0.4 is 0 Å². The van der Waals surface area contributed by atoms with Crippen molar-refractivity contribution in [3.63, 3.8) is 0 Å². The zero-order valence-corrected chi connectivity index (χ0v) is 23.5. The number of amides is 1. The SMILES string of the molecule is CC1=C(c2c(Cl)nc(-c3ccc(F)cn3)n2COCC[Si](C)(C)C)CCN(C(=O)OC(C)(C)C)C1. The van der Waals surface area contributed by atoms with Gasteiger partial charge >= 0.3 is 6.09 Å². The molecule has 0 radical (unpaired) electrons. The van der Waals surface area contributed by atoms with Gasteiger partial charge in [0.05, 0.1) is 11.9 Å². The zero-order chi connectivity index (χ0) is 26.0. The fourth-order valence-corrected chi connectivity index (χ4v) is 4.85. The molecule has 0 unspecified atom stereocenters. The van der Waals surface area contributed by atoms with Gasteiger partial charge in [0.1, 0.15) is 23.8 Å². The molecular formula is C25H36ClFN4O3Si. The monoisotopic (exact) mass is 522 g/mol. The number of rotatable bonds is 7. The van der Waals surface area contributed by atoms with Crippen LogP contribution in [0.1, 0.15) is 39.8 Å². The van der Waals surface area contributed by atoms with Crippen LogP contribution in [0.25, 0.3) is 17.1 Å². The Bertz CT molecular complexity index is 1090. The van der Waals surface area contributed by atoms with E-state index in [0.717, 1.165) is 29.1 Å². The maximum absolute atomic E-state index is 13.5. The second-order valence-corrected chi connectivity index (χ2v) is 17.1. The molecule has 0 bridgehead atoms. The van der Waals surface area contributed by atoms with E-state index < -0.39 is 19.5 Å². The van der Waals surface area contributed by atoms with E-state index in [0.29, 0.717) is 42.8 Å². The largest absolute Gasteiger partial charge is 0.444 e. The average Bonchev–Trinajstić information content (AvgIpc) is 3.05. The van der Waals surface area contributed by atoms with Crippen LogP contribution in [-0.2, 0) is 16.2 Å². The summed E-state index contributed by atoms with van der Waals surface area (Å²) in [5.74, 6) is 0.102. The third-order valence-corrected chi connectivity index (χ3v) is 7.58. The summed E-state index contributed by atoms with van der Waals surface area (Å²) in [6, 6.07) is 3.97. The van der Waals surface area contributed by atoms with Crippen LogP contribution in [0.5, 0.6) is 0 Å². The normalized spacial score (nSPS) is 15.1. The van der Waals surface area contributed by atoms with E-state index in [4.69, 9.17) is 21.1 Å². The number of carbonyl (C=O) groups excluding carboxylic acids is 1. The van der Waals surface area contributed by atoms with Gasteiger partial charge in [-0.3, -0.25) is 4.57 Å². The van der Waals surface area contributed by atoms with E-state index in [1.54, 1.807) is 11.0 Å². The molecule has 192 valence electrons. The van der Waals surface area contributed by atoms with Gasteiger partial charge in [-0.1, -0.05) is 31.2 Å². The predicted molar refractivity (Wildman–Crippen MR) is 140 cm³/mol. The Morgan fingerprint density at radius 3 is 2.54 bits per heavy atom. The third kappa shape index (κ3) is 7.38. The maximum atomic E-state index is 13.5. The number of hydrogen-bond donors (Lipinski definition) is 0. The van der Waals surface area contributed by atoms with Crippen LogP contribution in [0, 0.1) is 5.82 Å². The van der Waals surface area contributed by atoms with Gasteiger partial charge in [-0.05, 0) is 63.4 Å². The molecule has 0 N–H and O–H groups in total. The number of hydrogen-bond acceptors (Lipinski definition) is 5. The lowest BCUT2D eigenvalue weighted by Gasteiger charge is -2.32. The van der Waals surface area contributed by atoms with Gasteiger partial charge in [-0.15, -0.1) is 0 Å². The highest BCUT2D eigenvalue weighted by atomic mass is 35.5. The van der Waals surface area contributed by atoms with Crippen LogP contribution in [0.4, 0.5) is 9.18 Å². The lowest BCUT2D eigenvalue weighted by Crippen LogP contribution is -2.40. The molecule has 0 saturated heterocycles. The summed E-state index contributed by atoms with van der Waals surface area (Å²) in [7, 11) is -1.26. The van der Waals surface area contributed by atoms with Crippen LogP contribution in [0.2, 0.25) is 30.8 Å². The second kappa shape index (κ2) is 10.8. The van der Waals surface area contributed by atoms with Crippen molar-refractivity contribution < 1.29 is 18.7 Å². The topological polar surface area (TPSA) is 69.5 Å². The number of pyridine rings is 1. The summed E-state index contributed by atoms with van der Waals surface area (Å²) in [4.78, 5) is 23.1. The molecule has 3 heterocycles. The molecule has 1 aliphatic rings. The molecule has 0 aromatic carbocycles. The highest BCUT2D eigenvalue weighted by molar-refractivity contribution is 6.76. The van der Waals surface area contributed by atoms with Gasteiger partial charge in [-0.2, -0.15) is 0 Å². The lowest BCUT2D eigenvalue weighted by atomic mass is 9.98. The van der Waals surface area contributed by atoms with Crippen molar-refractivity contribution in [1.29, 1.82) is 0 Å². The lowest BCUT2D eigenvalue weighted by molar-refractivity contribution is 0.0264. The minimum Gasteiger partial charge on any atom is -0.444 e. The molecule has 2 aromatic rings. The van der Waals surface area contributed by atoms with Crippen LogP contribution in [-0.4, -0.2) is 58.9 Å². The molecule has 7 nitrogen and oxygen atoms in total. The molecule has 0 spiro atoms. The van der Waals surface area contributed by atoms with Crippen molar-refractivity contribution in [3.8, 4) is 11.5 Å². The molecule has 1 amide bonds. The van der Waals surface area contributed by atoms with Gasteiger partial charge in [0.2, 0.25) is 0 Å². The molecule has 0 fully saturated rings. The first-order chi connectivity index (χ1) is 16.2. The molecule has 10 heteroatoms. The minimum absolute atomic E-state index is 0.250. The van der Waals surface area contributed by atoms with E-state index in [2.05, 4.69) is 29.6 Å². The molecule has 2 aromatic heterocycles. The van der Waals surface area contributed by atoms with Crippen molar-refractivity contribution in [2.45, 2.75) is 72.1 Å². The van der Waals surface area contributed by atoms with Gasteiger partial charge < -0.3 is 14.4 Å². The quantitative estimate of drug-likeness (QED) is 0.308. The summed E-state index contributed by atoms with van der Waals surface area (Å²) < 4.78 is 27.0. The third-order valence-electron chi connectivity index (χ3n) is 5.61. The van der Waals surface area contributed by atoms with Crippen molar-refractivity contribution in [1.82, 2.24) is 19.4 Å². The molecular weight excluding hydrogens is 487 g/mol. The number of imidazole rings is 1. The summed E-state index contributed by atoms with van der Waals surface area (Å²) >= 11 is 6.68. The average molecular weight is 523 g/mol. The number of carbonyl (C=O) groups is 1. The van der Waals surface area contributed by atoms with Crippen molar-refractivity contribution in [3.05, 3.63) is 40.6 Å². The number of halogens is 2. The van der Waals surface area contributed by atoms with Crippen molar-refractivity contribution in [2.24, 2.45) is 0 Å². The number of nitrogens with zero attached hydrogens (tertiary/aromatic N) is 4. The molecule has 35 heavy (non-hydrogen) atoms. The Morgan fingerprint density at radius 2 is 1.97 bits per heavy atom. The van der Waals surface area contributed by atoms with E-state index in [1.807, 2.05) is 32.3 Å². The highest BCUT2D eigenvalue weighted by Gasteiger charge is 2.29. The fourth-order valence-electron chi connectivity index (χ4n) is 3.80. The summed E-state index contributed by atoms with van der Waals surface area (Å²) in [6.45, 7) is 16.3. The Hall–Kier alpha value is -2.23. The number of aromatic nitrogens is 3. The minimum atomic E-state index is -1.26. The Morgan fingerprint density at radius 1 is 1.26 bits per heavy atom. The Balaban J connectivity index is 1.93. The van der Waals surface area contributed by atoms with E-state index in [9.17, 15) is 9.18 Å². The molecule has 3 rings (SSSR count). The van der Waals surface area contributed by atoms with Crippen LogP contribution in [0.3, 0.4) is 0 Å². The van der Waals surface area contributed by atoms with E-state index >= 15 is 0 Å². The van der Waals surface area contributed by atoms with Gasteiger partial charge in [0, 0.05) is 27.8 Å². The fraction of sp³-hybridized carbons (Fsp3) is 0.560. The highest BCUT2D eigenvalue weighted by Crippen LogP contribution is 2.35. The van der Waals surface area contributed by atoms with Crippen LogP contribution in [0.15, 0.2) is 23.9 Å². The van der Waals surface area contributed by atoms with Crippen molar-refractivity contribution >= 4 is 31.3 Å². The standard InChI is InChI=1S/C25H36ClFN4O3Si/c1-17-15-30(24(32)34-25(2,3)4)11-10-19(17)21-22(26)29-23(20-9-8-18(27)14-28-20)31(21)16-33-12-13-35(5,6)7/h8-9,14H,10-13,15-16H2,1-7H3. The molecule has 0 aliphatic carbocycles. The summed E-state index contributed by atoms with van der Waals surface area (Å²) in [5, 5.41) is 0.333. The molecule has 1 aliphatic heterocycles. The van der Waals surface area contributed by atoms with Gasteiger partial charge in [0.15, 0.2) is 11.0 Å². The first kappa shape index (κ1) is 27.4. The molecule has 0 atom stereocenters.